The van der Waals surface area contributed by atoms with E-state index in [2.05, 4.69) is 5.32 Å². The van der Waals surface area contributed by atoms with Gasteiger partial charge < -0.3 is 10.4 Å². The van der Waals surface area contributed by atoms with Gasteiger partial charge in [-0.05, 0) is 26.7 Å². The first-order valence-electron chi connectivity index (χ1n) is 5.09. The molecule has 4 nitrogen and oxygen atoms in total. The molecule has 0 aliphatic carbocycles. The predicted molar refractivity (Wildman–Crippen MR) is 58.5 cm³/mol. The molecule has 0 aromatic heterocycles. The molecule has 4 heteroatoms. The molecular formula is C11H21NO3. The summed E-state index contributed by atoms with van der Waals surface area (Å²) in [5.74, 6) is -0.876. The Kier molecular flexibility index (Phi) is 4.31. The number of hydrogen-bond acceptors (Lipinski definition) is 2. The number of carboxylic acids is 1. The lowest BCUT2D eigenvalue weighted by molar-refractivity contribution is -0.148. The van der Waals surface area contributed by atoms with Crippen LogP contribution in [-0.4, -0.2) is 24.0 Å². The summed E-state index contributed by atoms with van der Waals surface area (Å²) in [4.78, 5) is 22.3. The van der Waals surface area contributed by atoms with E-state index in [1.807, 2.05) is 13.8 Å². The van der Waals surface area contributed by atoms with E-state index >= 15 is 0 Å². The van der Waals surface area contributed by atoms with Crippen molar-refractivity contribution >= 4 is 11.9 Å². The molecule has 0 bridgehead atoms. The van der Waals surface area contributed by atoms with Crippen molar-refractivity contribution in [2.24, 2.45) is 10.8 Å². The van der Waals surface area contributed by atoms with Crippen LogP contribution in [0.1, 0.15) is 40.5 Å². The lowest BCUT2D eigenvalue weighted by Gasteiger charge is -2.27. The maximum absolute atomic E-state index is 11.5. The number of nitrogens with one attached hydrogen (secondary N) is 1. The minimum absolute atomic E-state index is 0.0521. The largest absolute Gasteiger partial charge is 0.481 e. The maximum atomic E-state index is 11.5. The van der Waals surface area contributed by atoms with Gasteiger partial charge in [-0.1, -0.05) is 13.8 Å². The molecule has 0 rings (SSSR count). The molecule has 0 fully saturated rings. The van der Waals surface area contributed by atoms with Crippen molar-refractivity contribution in [1.29, 1.82) is 0 Å². The third-order valence-electron chi connectivity index (χ3n) is 2.80. The Labute approximate surface area is 91.1 Å². The van der Waals surface area contributed by atoms with Crippen molar-refractivity contribution in [3.8, 4) is 0 Å². The summed E-state index contributed by atoms with van der Waals surface area (Å²) in [6, 6.07) is 0. The van der Waals surface area contributed by atoms with Crippen LogP contribution in [0.3, 0.4) is 0 Å². The molecule has 0 saturated carbocycles. The quantitative estimate of drug-likeness (QED) is 0.732. The van der Waals surface area contributed by atoms with Gasteiger partial charge in [-0.3, -0.25) is 9.59 Å². The molecule has 0 saturated heterocycles. The van der Waals surface area contributed by atoms with Gasteiger partial charge in [0.15, 0.2) is 0 Å². The van der Waals surface area contributed by atoms with Crippen LogP contribution in [0.4, 0.5) is 0 Å². The lowest BCUT2D eigenvalue weighted by Crippen LogP contribution is -2.36. The summed E-state index contributed by atoms with van der Waals surface area (Å²) in [5.41, 5.74) is -1.28. The van der Waals surface area contributed by atoms with Crippen LogP contribution in [0.2, 0.25) is 0 Å². The van der Waals surface area contributed by atoms with E-state index in [4.69, 9.17) is 5.11 Å². The van der Waals surface area contributed by atoms with Crippen LogP contribution < -0.4 is 5.32 Å². The second-order valence-electron chi connectivity index (χ2n) is 5.15. The second kappa shape index (κ2) is 4.64. The van der Waals surface area contributed by atoms with Crippen LogP contribution in [0.15, 0.2) is 0 Å². The molecule has 1 amide bonds. The molecule has 0 aliphatic rings. The summed E-state index contributed by atoms with van der Waals surface area (Å²) in [6.07, 6.45) is 1.05. The van der Waals surface area contributed by atoms with Gasteiger partial charge in [0.1, 0.15) is 0 Å². The Hall–Kier alpha value is -1.06. The number of rotatable bonds is 5. The third kappa shape index (κ3) is 3.90. The molecule has 88 valence electrons. The SMILES string of the molecule is CNC(=O)C(C)(C)CCC(C)(C)C(=O)O. The average molecular weight is 215 g/mol. The van der Waals surface area contributed by atoms with E-state index in [1.165, 1.54) is 0 Å². The molecule has 2 N–H and O–H groups in total. The Balaban J connectivity index is 4.39. The monoisotopic (exact) mass is 215 g/mol. The minimum atomic E-state index is -0.824. The number of carbonyl (C=O) groups excluding carboxylic acids is 1. The van der Waals surface area contributed by atoms with Crippen molar-refractivity contribution in [2.45, 2.75) is 40.5 Å². The van der Waals surface area contributed by atoms with Crippen LogP contribution in [-0.2, 0) is 9.59 Å². The normalized spacial score (nSPS) is 12.3. The summed E-state index contributed by atoms with van der Waals surface area (Å²) < 4.78 is 0. The lowest BCUT2D eigenvalue weighted by atomic mass is 9.78. The van der Waals surface area contributed by atoms with Gasteiger partial charge in [0.05, 0.1) is 5.41 Å². The van der Waals surface area contributed by atoms with Gasteiger partial charge >= 0.3 is 5.97 Å². The minimum Gasteiger partial charge on any atom is -0.481 e. The highest BCUT2D eigenvalue weighted by Crippen LogP contribution is 2.31. The van der Waals surface area contributed by atoms with Gasteiger partial charge in [0.2, 0.25) is 5.91 Å². The van der Waals surface area contributed by atoms with Crippen molar-refractivity contribution in [1.82, 2.24) is 5.32 Å². The van der Waals surface area contributed by atoms with E-state index in [0.717, 1.165) is 0 Å². The molecule has 0 radical (unpaired) electrons. The standard InChI is InChI=1S/C11H21NO3/c1-10(2,8(13)12-5)6-7-11(3,4)9(14)15/h6-7H2,1-5H3,(H,12,13)(H,14,15). The zero-order valence-corrected chi connectivity index (χ0v) is 10.2. The molecule has 0 atom stereocenters. The highest BCUT2D eigenvalue weighted by atomic mass is 16.4. The average Bonchev–Trinajstić information content (AvgIpc) is 2.13. The van der Waals surface area contributed by atoms with E-state index in [9.17, 15) is 9.59 Å². The van der Waals surface area contributed by atoms with Crippen LogP contribution in [0.5, 0.6) is 0 Å². The fourth-order valence-electron chi connectivity index (χ4n) is 1.18. The Morgan fingerprint density at radius 2 is 1.47 bits per heavy atom. The van der Waals surface area contributed by atoms with Gasteiger partial charge in [-0.2, -0.15) is 0 Å². The first-order valence-corrected chi connectivity index (χ1v) is 5.09. The summed E-state index contributed by atoms with van der Waals surface area (Å²) in [5, 5.41) is 11.5. The zero-order chi connectivity index (χ0) is 12.3. The molecular weight excluding hydrogens is 194 g/mol. The van der Waals surface area contributed by atoms with E-state index in [1.54, 1.807) is 20.9 Å². The number of aliphatic carboxylic acids is 1. The Morgan fingerprint density at radius 1 is 1.07 bits per heavy atom. The highest BCUT2D eigenvalue weighted by Gasteiger charge is 2.33. The predicted octanol–water partition coefficient (Wildman–Crippen LogP) is 1.65. The molecule has 0 unspecified atom stereocenters. The Bertz CT molecular complexity index is 257. The molecule has 0 aromatic rings. The second-order valence-corrected chi connectivity index (χ2v) is 5.15. The molecule has 0 aromatic carbocycles. The van der Waals surface area contributed by atoms with Crippen molar-refractivity contribution in [3.05, 3.63) is 0 Å². The number of amides is 1. The zero-order valence-electron chi connectivity index (χ0n) is 10.2. The highest BCUT2D eigenvalue weighted by molar-refractivity contribution is 5.81. The van der Waals surface area contributed by atoms with Gasteiger partial charge in [-0.15, -0.1) is 0 Å². The summed E-state index contributed by atoms with van der Waals surface area (Å²) >= 11 is 0. The fourth-order valence-corrected chi connectivity index (χ4v) is 1.18. The molecule has 0 aliphatic heterocycles. The van der Waals surface area contributed by atoms with Gasteiger partial charge in [0, 0.05) is 12.5 Å². The van der Waals surface area contributed by atoms with Crippen LogP contribution in [0.25, 0.3) is 0 Å². The van der Waals surface area contributed by atoms with Gasteiger partial charge in [0.25, 0.3) is 0 Å². The van der Waals surface area contributed by atoms with Crippen molar-refractivity contribution < 1.29 is 14.7 Å². The molecule has 0 spiro atoms. The van der Waals surface area contributed by atoms with Gasteiger partial charge in [-0.25, -0.2) is 0 Å². The van der Waals surface area contributed by atoms with Crippen molar-refractivity contribution in [2.75, 3.05) is 7.05 Å². The first-order chi connectivity index (χ1) is 6.63. The smallest absolute Gasteiger partial charge is 0.309 e. The van der Waals surface area contributed by atoms with E-state index in [-0.39, 0.29) is 5.91 Å². The number of hydrogen-bond donors (Lipinski definition) is 2. The molecule has 0 heterocycles. The fraction of sp³-hybridized carbons (Fsp3) is 0.818. The van der Waals surface area contributed by atoms with Crippen LogP contribution >= 0.6 is 0 Å². The number of carboxylic acid groups (broad SMARTS) is 1. The third-order valence-corrected chi connectivity index (χ3v) is 2.80. The summed E-state index contributed by atoms with van der Waals surface area (Å²) in [7, 11) is 1.59. The Morgan fingerprint density at radius 3 is 1.80 bits per heavy atom. The topological polar surface area (TPSA) is 66.4 Å². The maximum Gasteiger partial charge on any atom is 0.309 e. The molecule has 15 heavy (non-hydrogen) atoms. The van der Waals surface area contributed by atoms with Crippen LogP contribution in [0, 0.1) is 10.8 Å². The van der Waals surface area contributed by atoms with E-state index < -0.39 is 16.8 Å². The first kappa shape index (κ1) is 13.9. The van der Waals surface area contributed by atoms with Crippen molar-refractivity contribution in [3.63, 3.8) is 0 Å². The van der Waals surface area contributed by atoms with E-state index in [0.29, 0.717) is 12.8 Å². The summed E-state index contributed by atoms with van der Waals surface area (Å²) in [6.45, 7) is 7.00. The number of carbonyl (C=O) groups is 2.